The second kappa shape index (κ2) is 6.54. The fourth-order valence-electron chi connectivity index (χ4n) is 3.40. The van der Waals surface area contributed by atoms with E-state index >= 15 is 0 Å². The zero-order chi connectivity index (χ0) is 19.1. The zero-order valence-electron chi connectivity index (χ0n) is 16.0. The minimum atomic E-state index is -0.103. The van der Waals surface area contributed by atoms with Crippen molar-refractivity contribution in [2.45, 2.75) is 40.2 Å². The summed E-state index contributed by atoms with van der Waals surface area (Å²) in [4.78, 5) is 17.4. The summed E-state index contributed by atoms with van der Waals surface area (Å²) in [6.07, 6.45) is 1.83. The Kier molecular flexibility index (Phi) is 4.18. The average molecular weight is 361 g/mol. The Hall–Kier alpha value is -3.15. The fourth-order valence-corrected chi connectivity index (χ4v) is 3.40. The van der Waals surface area contributed by atoms with Crippen LogP contribution in [0.1, 0.15) is 35.5 Å². The number of nitrogens with one attached hydrogen (secondary N) is 1. The smallest absolute Gasteiger partial charge is 0.272 e. The molecule has 1 unspecified atom stereocenters. The molecule has 0 fully saturated rings. The molecule has 0 saturated carbocycles. The van der Waals surface area contributed by atoms with Crippen LogP contribution in [0.5, 0.6) is 0 Å². The maximum absolute atomic E-state index is 12.6. The number of rotatable bonds is 4. The van der Waals surface area contributed by atoms with E-state index in [-0.39, 0.29) is 11.5 Å². The molecular weight excluding hydrogens is 338 g/mol. The minimum absolute atomic E-state index is 0.0682. The van der Waals surface area contributed by atoms with Crippen molar-refractivity contribution in [3.63, 3.8) is 0 Å². The molecule has 1 N–H and O–H groups in total. The summed E-state index contributed by atoms with van der Waals surface area (Å²) in [5, 5.41) is 7.63. The normalized spacial score (nSPS) is 12.6. The first kappa shape index (κ1) is 17.3. The van der Waals surface area contributed by atoms with E-state index in [4.69, 9.17) is 4.98 Å². The third-order valence-electron chi connectivity index (χ3n) is 5.30. The summed E-state index contributed by atoms with van der Waals surface area (Å²) >= 11 is 0. The molecule has 1 atom stereocenters. The van der Waals surface area contributed by atoms with Crippen LogP contribution < -0.4 is 5.56 Å². The van der Waals surface area contributed by atoms with E-state index in [0.29, 0.717) is 12.2 Å². The van der Waals surface area contributed by atoms with Crippen LogP contribution in [0.2, 0.25) is 0 Å². The van der Waals surface area contributed by atoms with Crippen LogP contribution in [0, 0.1) is 20.8 Å². The van der Waals surface area contributed by atoms with Crippen molar-refractivity contribution in [3.8, 4) is 11.1 Å². The van der Waals surface area contributed by atoms with Gasteiger partial charge in [-0.05, 0) is 31.9 Å². The number of benzene rings is 1. The maximum atomic E-state index is 12.6. The molecule has 27 heavy (non-hydrogen) atoms. The largest absolute Gasteiger partial charge is 0.296 e. The molecule has 0 amide bonds. The van der Waals surface area contributed by atoms with Gasteiger partial charge in [0.1, 0.15) is 0 Å². The number of H-pyrrole nitrogens is 1. The van der Waals surface area contributed by atoms with Crippen LogP contribution in [0.15, 0.2) is 47.4 Å². The molecule has 3 aromatic heterocycles. The second-order valence-electron chi connectivity index (χ2n) is 7.11. The van der Waals surface area contributed by atoms with E-state index in [9.17, 15) is 4.79 Å². The first-order valence-corrected chi connectivity index (χ1v) is 9.13. The third-order valence-corrected chi connectivity index (χ3v) is 5.30. The Morgan fingerprint density at radius 3 is 2.56 bits per heavy atom. The maximum Gasteiger partial charge on any atom is 0.272 e. The third kappa shape index (κ3) is 2.97. The lowest BCUT2D eigenvalue weighted by Gasteiger charge is -2.13. The van der Waals surface area contributed by atoms with Gasteiger partial charge in [-0.3, -0.25) is 14.6 Å². The first-order valence-electron chi connectivity index (χ1n) is 9.13. The van der Waals surface area contributed by atoms with Gasteiger partial charge in [0.15, 0.2) is 5.65 Å². The highest BCUT2D eigenvalue weighted by Crippen LogP contribution is 2.24. The highest BCUT2D eigenvalue weighted by molar-refractivity contribution is 5.76. The van der Waals surface area contributed by atoms with Gasteiger partial charge in [0.05, 0.1) is 11.4 Å². The molecule has 3 heterocycles. The Balaban J connectivity index is 1.76. The van der Waals surface area contributed by atoms with Crippen LogP contribution in [0.25, 0.3) is 16.8 Å². The molecule has 0 aliphatic heterocycles. The number of aryl methyl sites for hydroxylation is 1. The summed E-state index contributed by atoms with van der Waals surface area (Å²) in [6.45, 7) is 8.95. The number of hydrogen-bond acceptors (Lipinski definition) is 3. The van der Waals surface area contributed by atoms with Gasteiger partial charge in [-0.15, -0.1) is 0 Å². The van der Waals surface area contributed by atoms with E-state index in [1.54, 1.807) is 6.07 Å². The highest BCUT2D eigenvalue weighted by Gasteiger charge is 2.17. The van der Waals surface area contributed by atoms with Gasteiger partial charge >= 0.3 is 0 Å². The van der Waals surface area contributed by atoms with Crippen LogP contribution in [-0.4, -0.2) is 24.4 Å². The van der Waals surface area contributed by atoms with Crippen molar-refractivity contribution in [2.24, 2.45) is 0 Å². The SMILES string of the molecule is Cc1nn(CC(C)c2cc(=O)n3[nH]cc(-c4ccccc4)c3n2)c(C)c1C. The Morgan fingerprint density at radius 1 is 1.15 bits per heavy atom. The van der Waals surface area contributed by atoms with E-state index < -0.39 is 0 Å². The monoisotopic (exact) mass is 361 g/mol. The van der Waals surface area contributed by atoms with Gasteiger partial charge in [-0.1, -0.05) is 37.3 Å². The van der Waals surface area contributed by atoms with E-state index in [2.05, 4.69) is 31.0 Å². The Bertz CT molecular complexity index is 1170. The summed E-state index contributed by atoms with van der Waals surface area (Å²) in [6, 6.07) is 11.6. The van der Waals surface area contributed by atoms with Crippen LogP contribution >= 0.6 is 0 Å². The second-order valence-corrected chi connectivity index (χ2v) is 7.11. The van der Waals surface area contributed by atoms with Crippen molar-refractivity contribution in [3.05, 3.63) is 75.6 Å². The molecule has 0 aliphatic carbocycles. The molecular formula is C21H23N5O. The zero-order valence-corrected chi connectivity index (χ0v) is 16.0. The molecule has 6 heteroatoms. The molecule has 1 aromatic carbocycles. The van der Waals surface area contributed by atoms with Gasteiger partial charge in [0.2, 0.25) is 0 Å². The van der Waals surface area contributed by atoms with Gasteiger partial charge < -0.3 is 0 Å². The predicted molar refractivity (Wildman–Crippen MR) is 106 cm³/mol. The summed E-state index contributed by atoms with van der Waals surface area (Å²) in [5.41, 5.74) is 6.69. The molecule has 0 aliphatic rings. The standard InChI is InChI=1S/C21H23N5O/c1-13(12-25-16(4)14(2)15(3)24-25)19-10-20(27)26-21(23-19)18(11-22-26)17-8-6-5-7-9-17/h5-11,13,22H,12H2,1-4H3. The lowest BCUT2D eigenvalue weighted by molar-refractivity contribution is 0.520. The van der Waals surface area contributed by atoms with Crippen molar-refractivity contribution < 1.29 is 0 Å². The summed E-state index contributed by atoms with van der Waals surface area (Å²) in [5.74, 6) is 0.0682. The van der Waals surface area contributed by atoms with Crippen molar-refractivity contribution >= 4 is 5.65 Å². The lowest BCUT2D eigenvalue weighted by atomic mass is 10.1. The van der Waals surface area contributed by atoms with Crippen molar-refractivity contribution in [2.75, 3.05) is 0 Å². The molecule has 0 saturated heterocycles. The van der Waals surface area contributed by atoms with E-state index in [0.717, 1.165) is 28.2 Å². The van der Waals surface area contributed by atoms with Gasteiger partial charge in [-0.25, -0.2) is 9.50 Å². The van der Waals surface area contributed by atoms with Crippen LogP contribution in [0.3, 0.4) is 0 Å². The van der Waals surface area contributed by atoms with Gasteiger partial charge in [0.25, 0.3) is 5.56 Å². The molecule has 0 radical (unpaired) electrons. The molecule has 6 nitrogen and oxygen atoms in total. The summed E-state index contributed by atoms with van der Waals surface area (Å²) in [7, 11) is 0. The highest BCUT2D eigenvalue weighted by atomic mass is 16.1. The molecule has 0 bridgehead atoms. The van der Waals surface area contributed by atoms with E-state index in [1.807, 2.05) is 48.1 Å². The van der Waals surface area contributed by atoms with E-state index in [1.165, 1.54) is 10.1 Å². The molecule has 4 aromatic rings. The van der Waals surface area contributed by atoms with Crippen molar-refractivity contribution in [1.82, 2.24) is 24.4 Å². The lowest BCUT2D eigenvalue weighted by Crippen LogP contribution is -2.18. The molecule has 0 spiro atoms. The van der Waals surface area contributed by atoms with Crippen molar-refractivity contribution in [1.29, 1.82) is 0 Å². The quantitative estimate of drug-likeness (QED) is 0.604. The first-order chi connectivity index (χ1) is 13.0. The number of nitrogens with zero attached hydrogens (tertiary/aromatic N) is 4. The number of hydrogen-bond donors (Lipinski definition) is 1. The fraction of sp³-hybridized carbons (Fsp3) is 0.286. The van der Waals surface area contributed by atoms with Gasteiger partial charge in [-0.2, -0.15) is 5.10 Å². The topological polar surface area (TPSA) is 68.0 Å². The van der Waals surface area contributed by atoms with Crippen LogP contribution in [0.4, 0.5) is 0 Å². The predicted octanol–water partition coefficient (Wildman–Crippen LogP) is 3.62. The molecule has 138 valence electrons. The molecule has 4 rings (SSSR count). The Morgan fingerprint density at radius 2 is 1.89 bits per heavy atom. The summed E-state index contributed by atoms with van der Waals surface area (Å²) < 4.78 is 3.50. The van der Waals surface area contributed by atoms with Gasteiger partial charge in [0, 0.05) is 36.0 Å². The number of aromatic amines is 1. The van der Waals surface area contributed by atoms with Crippen LogP contribution in [-0.2, 0) is 6.54 Å². The Labute approximate surface area is 157 Å². The minimum Gasteiger partial charge on any atom is -0.296 e. The number of fused-ring (bicyclic) bond motifs is 1. The number of aromatic nitrogens is 5. The average Bonchev–Trinajstić information content (AvgIpc) is 3.20.